The molecule has 0 unspecified atom stereocenters. The number of benzene rings is 3. The number of furan rings is 1. The van der Waals surface area contributed by atoms with Gasteiger partial charge in [-0.1, -0.05) is 80.0 Å². The minimum atomic E-state index is -1.51. The second kappa shape index (κ2) is 11.6. The average Bonchev–Trinajstić information content (AvgIpc) is 3.29. The Kier molecular flexibility index (Phi) is 8.42. The topological polar surface area (TPSA) is 38.9 Å². The van der Waals surface area contributed by atoms with Crippen molar-refractivity contribution in [2.45, 2.75) is 33.5 Å². The quantitative estimate of drug-likeness (QED) is 0.139. The van der Waals surface area contributed by atoms with Gasteiger partial charge in [-0.25, -0.2) is 0 Å². The Hall–Kier alpha value is -3.37. The summed E-state index contributed by atoms with van der Waals surface area (Å²) in [4.78, 5) is 8.83. The third-order valence-electron chi connectivity index (χ3n) is 6.34. The maximum absolute atomic E-state index is 6.22. The van der Waals surface area contributed by atoms with Crippen LogP contribution in [0.25, 0.3) is 44.5 Å². The van der Waals surface area contributed by atoms with Crippen LogP contribution in [0.15, 0.2) is 95.7 Å². The van der Waals surface area contributed by atoms with Gasteiger partial charge in [0.05, 0.1) is 5.58 Å². The molecular weight excluding hydrogens is 661 g/mol. The van der Waals surface area contributed by atoms with Crippen LogP contribution in [0.4, 0.5) is 0 Å². The Balaban J connectivity index is 0.000000193. The molecule has 0 aliphatic heterocycles. The van der Waals surface area contributed by atoms with Crippen molar-refractivity contribution in [2.75, 3.05) is 0 Å². The average molecular weight is 691 g/mol. The van der Waals surface area contributed by atoms with Gasteiger partial charge in [-0.15, -0.1) is 52.7 Å². The third kappa shape index (κ3) is 5.86. The van der Waals surface area contributed by atoms with Crippen LogP contribution in [-0.4, -0.2) is 18.0 Å². The van der Waals surface area contributed by atoms with Crippen molar-refractivity contribution in [3.63, 3.8) is 0 Å². The van der Waals surface area contributed by atoms with Gasteiger partial charge < -0.3 is 14.4 Å². The predicted molar refractivity (Wildman–Crippen MR) is 157 cm³/mol. The van der Waals surface area contributed by atoms with E-state index in [1.165, 1.54) is 27.1 Å². The fourth-order valence-corrected chi connectivity index (χ4v) is 5.86. The Morgan fingerprint density at radius 3 is 2.16 bits per heavy atom. The zero-order valence-electron chi connectivity index (χ0n) is 22.3. The monoisotopic (exact) mass is 691 g/mol. The van der Waals surface area contributed by atoms with Crippen molar-refractivity contribution in [2.24, 2.45) is 0 Å². The summed E-state index contributed by atoms with van der Waals surface area (Å²) in [6.07, 6.45) is 3.69. The molecule has 0 saturated carbocycles. The van der Waals surface area contributed by atoms with E-state index in [0.717, 1.165) is 33.7 Å². The number of hydrogen-bond acceptors (Lipinski definition) is 3. The summed E-state index contributed by atoms with van der Waals surface area (Å²) in [5.41, 5.74) is 8.12. The minimum Gasteiger partial charge on any atom is -0.501 e. The van der Waals surface area contributed by atoms with Crippen molar-refractivity contribution in [3.8, 4) is 22.5 Å². The van der Waals surface area contributed by atoms with E-state index < -0.39 is 8.07 Å². The van der Waals surface area contributed by atoms with Crippen LogP contribution in [0.3, 0.4) is 0 Å². The van der Waals surface area contributed by atoms with Gasteiger partial charge in [0, 0.05) is 46.0 Å². The zero-order valence-corrected chi connectivity index (χ0v) is 25.7. The summed E-state index contributed by atoms with van der Waals surface area (Å²) in [6, 6.07) is 33.2. The molecule has 38 heavy (non-hydrogen) atoms. The maximum Gasteiger partial charge on any atom is 0.120 e. The van der Waals surface area contributed by atoms with Gasteiger partial charge in [-0.2, -0.15) is 0 Å². The van der Waals surface area contributed by atoms with E-state index in [9.17, 15) is 0 Å². The minimum absolute atomic E-state index is 0. The van der Waals surface area contributed by atoms with Gasteiger partial charge in [-0.3, -0.25) is 0 Å². The second-order valence-electron chi connectivity index (χ2n) is 10.3. The smallest absolute Gasteiger partial charge is 0.120 e. The predicted octanol–water partition coefficient (Wildman–Crippen LogP) is 8.16. The molecule has 0 atom stereocenters. The second-order valence-corrected chi connectivity index (χ2v) is 15.4. The number of rotatable bonds is 3. The van der Waals surface area contributed by atoms with E-state index in [1.54, 1.807) is 0 Å². The molecule has 0 saturated heterocycles. The number of nitrogens with zero attached hydrogens (tertiary/aromatic N) is 2. The molecule has 5 heteroatoms. The van der Waals surface area contributed by atoms with Crippen LogP contribution in [-0.2, 0) is 20.1 Å². The number of aromatic nitrogens is 2. The Labute approximate surface area is 239 Å². The number of para-hydroxylation sites is 1. The summed E-state index contributed by atoms with van der Waals surface area (Å²) in [5.74, 6) is 0. The molecule has 3 aromatic carbocycles. The number of fused-ring (bicyclic) bond motifs is 3. The van der Waals surface area contributed by atoms with E-state index in [0.29, 0.717) is 0 Å². The molecule has 0 aliphatic rings. The van der Waals surface area contributed by atoms with E-state index in [4.69, 9.17) is 4.42 Å². The van der Waals surface area contributed by atoms with E-state index in [1.807, 2.05) is 67.8 Å². The number of aryl methyl sites for hydroxylation is 2. The molecule has 1 radical (unpaired) electrons. The van der Waals surface area contributed by atoms with Crippen molar-refractivity contribution in [1.82, 2.24) is 9.97 Å². The molecule has 193 valence electrons. The first-order valence-electron chi connectivity index (χ1n) is 12.5. The normalized spacial score (nSPS) is 11.1. The molecule has 6 rings (SSSR count). The van der Waals surface area contributed by atoms with Crippen LogP contribution in [0.2, 0.25) is 19.6 Å². The molecule has 3 aromatic heterocycles. The largest absolute Gasteiger partial charge is 0.501 e. The van der Waals surface area contributed by atoms with Crippen molar-refractivity contribution in [1.29, 1.82) is 0 Å². The van der Waals surface area contributed by atoms with Gasteiger partial charge in [0.2, 0.25) is 0 Å². The van der Waals surface area contributed by atoms with Gasteiger partial charge in [0.25, 0.3) is 0 Å². The summed E-state index contributed by atoms with van der Waals surface area (Å²) in [6.45, 7) is 11.2. The molecule has 0 bridgehead atoms. The first kappa shape index (κ1) is 27.7. The molecular formula is C33H30IrN2OSi-2. The van der Waals surface area contributed by atoms with Crippen molar-refractivity contribution < 1.29 is 24.5 Å². The van der Waals surface area contributed by atoms with E-state index >= 15 is 0 Å². The van der Waals surface area contributed by atoms with Crippen LogP contribution in [0.1, 0.15) is 11.1 Å². The van der Waals surface area contributed by atoms with Gasteiger partial charge in [0.15, 0.2) is 0 Å². The maximum atomic E-state index is 6.22. The Bertz CT molecular complexity index is 1610. The molecule has 0 N–H and O–H groups in total. The molecule has 3 heterocycles. The summed E-state index contributed by atoms with van der Waals surface area (Å²) in [5, 5.41) is 3.81. The molecule has 0 spiro atoms. The first-order chi connectivity index (χ1) is 17.8. The zero-order chi connectivity index (χ0) is 26.0. The Morgan fingerprint density at radius 1 is 0.737 bits per heavy atom. The number of hydrogen-bond donors (Lipinski definition) is 0. The van der Waals surface area contributed by atoms with Crippen LogP contribution >= 0.6 is 0 Å². The molecule has 3 nitrogen and oxygen atoms in total. The molecule has 6 aromatic rings. The summed E-state index contributed by atoms with van der Waals surface area (Å²) < 4.78 is 6.22. The molecule has 0 amide bonds. The van der Waals surface area contributed by atoms with Crippen LogP contribution in [0, 0.1) is 26.0 Å². The van der Waals surface area contributed by atoms with Gasteiger partial charge in [-0.05, 0) is 36.0 Å². The van der Waals surface area contributed by atoms with E-state index in [-0.39, 0.29) is 20.1 Å². The molecule has 0 aliphatic carbocycles. The van der Waals surface area contributed by atoms with Crippen LogP contribution in [0.5, 0.6) is 0 Å². The summed E-state index contributed by atoms with van der Waals surface area (Å²) in [7, 11) is -1.51. The standard InChI is InChI=1S/C20H18NOSi.C13H12N.Ir/c1-23(2,3)18-12-11-14(16-9-6-7-13-21-16)20-19(18)15-8-4-5-10-17(15)22-20;1-10-3-6-12(7-4-10)13-8-5-11(2)9-14-13;/h4-10,12-13H,1-3H3;3-6,8-9H,1-2H3;/q2*-1;. The fourth-order valence-electron chi connectivity index (χ4n) is 4.35. The van der Waals surface area contributed by atoms with Crippen molar-refractivity contribution in [3.05, 3.63) is 115 Å². The summed E-state index contributed by atoms with van der Waals surface area (Å²) >= 11 is 0. The van der Waals surface area contributed by atoms with Crippen molar-refractivity contribution >= 4 is 35.2 Å². The fraction of sp³-hybridized carbons (Fsp3) is 0.152. The van der Waals surface area contributed by atoms with Crippen LogP contribution < -0.4 is 5.19 Å². The first-order valence-corrected chi connectivity index (χ1v) is 16.0. The van der Waals surface area contributed by atoms with Gasteiger partial charge >= 0.3 is 0 Å². The molecule has 0 fully saturated rings. The van der Waals surface area contributed by atoms with Gasteiger partial charge in [0.1, 0.15) is 5.58 Å². The third-order valence-corrected chi connectivity index (χ3v) is 8.35. The Morgan fingerprint density at radius 2 is 1.50 bits per heavy atom. The van der Waals surface area contributed by atoms with E-state index in [2.05, 4.69) is 79.0 Å². The SMILES string of the molecule is C[Si](C)(C)c1c[c-]c(-c2ccccn2)c2oc3ccccc3c12.Cc1c[c-]c(-c2ccc(C)cn2)cc1.[Ir]. The number of pyridine rings is 2.